The molecule has 1 unspecified atom stereocenters. The standard InChI is InChI=1S/C14H18IN3O2/c1-8-13(15)14(16)18(17-8)9(2)11-7-10(19-3)5-6-12(11)20-4/h5-7,9H,16H2,1-4H3. The van der Waals surface area contributed by atoms with Gasteiger partial charge in [0.1, 0.15) is 17.3 Å². The lowest BCUT2D eigenvalue weighted by Crippen LogP contribution is -2.13. The van der Waals surface area contributed by atoms with E-state index in [1.807, 2.05) is 36.7 Å². The fourth-order valence-electron chi connectivity index (χ4n) is 2.14. The first-order valence-corrected chi connectivity index (χ1v) is 7.29. The Balaban J connectivity index is 2.51. The molecule has 0 aliphatic heterocycles. The molecule has 0 spiro atoms. The number of halogens is 1. The van der Waals surface area contributed by atoms with Gasteiger partial charge in [-0.2, -0.15) is 5.10 Å². The van der Waals surface area contributed by atoms with Crippen molar-refractivity contribution in [2.45, 2.75) is 19.9 Å². The van der Waals surface area contributed by atoms with Crippen LogP contribution in [0.15, 0.2) is 18.2 Å². The number of hydrogen-bond donors (Lipinski definition) is 1. The molecule has 0 aliphatic rings. The first-order valence-electron chi connectivity index (χ1n) is 6.21. The molecule has 108 valence electrons. The smallest absolute Gasteiger partial charge is 0.136 e. The maximum Gasteiger partial charge on any atom is 0.136 e. The number of aromatic nitrogens is 2. The largest absolute Gasteiger partial charge is 0.497 e. The summed E-state index contributed by atoms with van der Waals surface area (Å²) in [5.41, 5.74) is 8.04. The van der Waals surface area contributed by atoms with E-state index in [4.69, 9.17) is 15.2 Å². The van der Waals surface area contributed by atoms with Crippen LogP contribution in [0, 0.1) is 10.5 Å². The molecule has 6 heteroatoms. The van der Waals surface area contributed by atoms with Crippen molar-refractivity contribution in [2.75, 3.05) is 20.0 Å². The quantitative estimate of drug-likeness (QED) is 0.820. The van der Waals surface area contributed by atoms with Crippen LogP contribution < -0.4 is 15.2 Å². The molecule has 0 fully saturated rings. The molecular formula is C14H18IN3O2. The summed E-state index contributed by atoms with van der Waals surface area (Å²) in [5.74, 6) is 2.24. The number of rotatable bonds is 4. The predicted molar refractivity (Wildman–Crippen MR) is 87.5 cm³/mol. The van der Waals surface area contributed by atoms with Gasteiger partial charge in [-0.3, -0.25) is 0 Å². The zero-order valence-corrected chi connectivity index (χ0v) is 14.1. The van der Waals surface area contributed by atoms with Gasteiger partial charge in [0.15, 0.2) is 0 Å². The van der Waals surface area contributed by atoms with Gasteiger partial charge in [0.25, 0.3) is 0 Å². The maximum absolute atomic E-state index is 6.12. The molecule has 0 saturated carbocycles. The second kappa shape index (κ2) is 5.90. The minimum absolute atomic E-state index is 0.0396. The Bertz CT molecular complexity index is 625. The number of hydrogen-bond acceptors (Lipinski definition) is 4. The lowest BCUT2D eigenvalue weighted by atomic mass is 10.1. The second-order valence-corrected chi connectivity index (χ2v) is 5.59. The molecule has 2 aromatic rings. The normalized spacial score (nSPS) is 12.2. The van der Waals surface area contributed by atoms with Gasteiger partial charge in [-0.1, -0.05) is 0 Å². The lowest BCUT2D eigenvalue weighted by Gasteiger charge is -2.18. The lowest BCUT2D eigenvalue weighted by molar-refractivity contribution is 0.391. The molecule has 1 heterocycles. The number of benzene rings is 1. The first-order chi connectivity index (χ1) is 9.49. The van der Waals surface area contributed by atoms with Gasteiger partial charge in [-0.15, -0.1) is 0 Å². The maximum atomic E-state index is 6.12. The SMILES string of the molecule is COc1ccc(OC)c(C(C)n2nc(C)c(I)c2N)c1. The number of anilines is 1. The molecule has 1 aromatic carbocycles. The van der Waals surface area contributed by atoms with Crippen LogP contribution in [0.25, 0.3) is 0 Å². The summed E-state index contributed by atoms with van der Waals surface area (Å²) in [5, 5.41) is 4.50. The number of nitrogen functional groups attached to an aromatic ring is 1. The monoisotopic (exact) mass is 387 g/mol. The number of ether oxygens (including phenoxy) is 2. The third kappa shape index (κ3) is 2.56. The van der Waals surface area contributed by atoms with E-state index < -0.39 is 0 Å². The summed E-state index contributed by atoms with van der Waals surface area (Å²) in [6.45, 7) is 3.99. The topological polar surface area (TPSA) is 62.3 Å². The first kappa shape index (κ1) is 15.0. The van der Waals surface area contributed by atoms with E-state index in [0.29, 0.717) is 5.82 Å². The van der Waals surface area contributed by atoms with Crippen LogP contribution in [0.2, 0.25) is 0 Å². The summed E-state index contributed by atoms with van der Waals surface area (Å²) in [6, 6.07) is 5.67. The van der Waals surface area contributed by atoms with E-state index in [9.17, 15) is 0 Å². The van der Waals surface area contributed by atoms with E-state index in [1.54, 1.807) is 14.2 Å². The van der Waals surface area contributed by atoms with Crippen molar-refractivity contribution in [3.8, 4) is 11.5 Å². The molecule has 0 amide bonds. The van der Waals surface area contributed by atoms with Gasteiger partial charge in [-0.05, 0) is 54.6 Å². The zero-order valence-electron chi connectivity index (χ0n) is 12.0. The van der Waals surface area contributed by atoms with Crippen LogP contribution in [-0.4, -0.2) is 24.0 Å². The number of nitrogens with two attached hydrogens (primary N) is 1. The van der Waals surface area contributed by atoms with Gasteiger partial charge >= 0.3 is 0 Å². The molecule has 5 nitrogen and oxygen atoms in total. The molecule has 0 bridgehead atoms. The van der Waals surface area contributed by atoms with Gasteiger partial charge in [0.2, 0.25) is 0 Å². The Hall–Kier alpha value is -1.44. The van der Waals surface area contributed by atoms with Crippen LogP contribution in [0.5, 0.6) is 11.5 Å². The Morgan fingerprint density at radius 3 is 2.50 bits per heavy atom. The second-order valence-electron chi connectivity index (χ2n) is 4.51. The zero-order chi connectivity index (χ0) is 14.9. The molecule has 2 N–H and O–H groups in total. The molecule has 0 radical (unpaired) electrons. The van der Waals surface area contributed by atoms with E-state index in [1.165, 1.54) is 0 Å². The predicted octanol–water partition coefficient (Wildman–Crippen LogP) is 3.00. The molecule has 0 saturated heterocycles. The molecule has 20 heavy (non-hydrogen) atoms. The van der Waals surface area contributed by atoms with Crippen LogP contribution in [-0.2, 0) is 0 Å². The van der Waals surface area contributed by atoms with Crippen LogP contribution >= 0.6 is 22.6 Å². The highest BCUT2D eigenvalue weighted by Crippen LogP contribution is 2.33. The molecular weight excluding hydrogens is 369 g/mol. The van der Waals surface area contributed by atoms with E-state index in [2.05, 4.69) is 27.7 Å². The summed E-state index contributed by atoms with van der Waals surface area (Å²) in [6.07, 6.45) is 0. The Morgan fingerprint density at radius 2 is 2.00 bits per heavy atom. The van der Waals surface area contributed by atoms with Gasteiger partial charge in [-0.25, -0.2) is 4.68 Å². The van der Waals surface area contributed by atoms with Gasteiger partial charge in [0, 0.05) is 5.56 Å². The van der Waals surface area contributed by atoms with Crippen molar-refractivity contribution in [2.24, 2.45) is 0 Å². The minimum atomic E-state index is -0.0396. The van der Waals surface area contributed by atoms with Gasteiger partial charge < -0.3 is 15.2 Å². The fraction of sp³-hybridized carbons (Fsp3) is 0.357. The molecule has 1 aromatic heterocycles. The number of nitrogens with zero attached hydrogens (tertiary/aromatic N) is 2. The third-order valence-corrected chi connectivity index (χ3v) is 4.63. The minimum Gasteiger partial charge on any atom is -0.497 e. The summed E-state index contributed by atoms with van der Waals surface area (Å²) >= 11 is 2.21. The Kier molecular flexibility index (Phi) is 4.42. The average molecular weight is 387 g/mol. The van der Waals surface area contributed by atoms with Crippen molar-refractivity contribution < 1.29 is 9.47 Å². The summed E-state index contributed by atoms with van der Waals surface area (Å²) < 4.78 is 13.5. The van der Waals surface area contributed by atoms with Crippen LogP contribution in [0.1, 0.15) is 24.2 Å². The van der Waals surface area contributed by atoms with Crippen molar-refractivity contribution in [1.82, 2.24) is 9.78 Å². The number of aryl methyl sites for hydroxylation is 1. The third-order valence-electron chi connectivity index (χ3n) is 3.30. The number of methoxy groups -OCH3 is 2. The fourth-order valence-corrected chi connectivity index (χ4v) is 2.49. The highest BCUT2D eigenvalue weighted by Gasteiger charge is 2.20. The highest BCUT2D eigenvalue weighted by atomic mass is 127. The average Bonchev–Trinajstić information content (AvgIpc) is 2.73. The summed E-state index contributed by atoms with van der Waals surface area (Å²) in [4.78, 5) is 0. The van der Waals surface area contributed by atoms with Gasteiger partial charge in [0.05, 0.1) is 29.5 Å². The van der Waals surface area contributed by atoms with Crippen molar-refractivity contribution in [3.63, 3.8) is 0 Å². The van der Waals surface area contributed by atoms with Crippen molar-refractivity contribution >= 4 is 28.4 Å². The van der Waals surface area contributed by atoms with Crippen LogP contribution in [0.4, 0.5) is 5.82 Å². The molecule has 2 rings (SSSR count). The van der Waals surface area contributed by atoms with E-state index in [0.717, 1.165) is 26.3 Å². The Morgan fingerprint density at radius 1 is 1.30 bits per heavy atom. The van der Waals surface area contributed by atoms with E-state index in [-0.39, 0.29) is 6.04 Å². The molecule has 1 atom stereocenters. The highest BCUT2D eigenvalue weighted by molar-refractivity contribution is 14.1. The molecule has 0 aliphatic carbocycles. The summed E-state index contributed by atoms with van der Waals surface area (Å²) in [7, 11) is 3.30. The van der Waals surface area contributed by atoms with Crippen molar-refractivity contribution in [3.05, 3.63) is 33.0 Å². The van der Waals surface area contributed by atoms with Crippen molar-refractivity contribution in [1.29, 1.82) is 0 Å². The van der Waals surface area contributed by atoms with Crippen LogP contribution in [0.3, 0.4) is 0 Å². The van der Waals surface area contributed by atoms with E-state index >= 15 is 0 Å². The Labute approximate surface area is 132 Å².